The Morgan fingerprint density at radius 1 is 1.15 bits per heavy atom. The first kappa shape index (κ1) is 17.0. The number of rotatable bonds is 7. The first-order valence-corrected chi connectivity index (χ1v) is 7.97. The van der Waals surface area contributed by atoms with Crippen molar-refractivity contribution in [3.05, 3.63) is 0 Å². The number of carbonyl (C=O) groups excluding carboxylic acids is 2. The Morgan fingerprint density at radius 3 is 2.30 bits per heavy atom. The lowest BCUT2D eigenvalue weighted by Gasteiger charge is -2.39. The molecule has 2 unspecified atom stereocenters. The van der Waals surface area contributed by atoms with E-state index in [1.54, 1.807) is 0 Å². The average Bonchev–Trinajstić information content (AvgIpc) is 2.34. The fourth-order valence-corrected chi connectivity index (χ4v) is 2.68. The first-order valence-electron chi connectivity index (χ1n) is 7.97. The van der Waals surface area contributed by atoms with Gasteiger partial charge in [0.15, 0.2) is 0 Å². The van der Waals surface area contributed by atoms with Crippen LogP contribution in [0.15, 0.2) is 0 Å². The van der Waals surface area contributed by atoms with Gasteiger partial charge in [0.2, 0.25) is 11.8 Å². The van der Waals surface area contributed by atoms with Gasteiger partial charge in [0.1, 0.15) is 12.1 Å². The van der Waals surface area contributed by atoms with Gasteiger partial charge in [-0.25, -0.2) is 0 Å². The van der Waals surface area contributed by atoms with E-state index in [4.69, 9.17) is 0 Å². The van der Waals surface area contributed by atoms with Crippen LogP contribution in [0.1, 0.15) is 60.3 Å². The van der Waals surface area contributed by atoms with Crippen LogP contribution in [-0.4, -0.2) is 35.3 Å². The van der Waals surface area contributed by atoms with E-state index in [0.29, 0.717) is 18.4 Å². The topological polar surface area (TPSA) is 49.4 Å². The molecule has 1 N–H and O–H groups in total. The van der Waals surface area contributed by atoms with Crippen molar-refractivity contribution < 1.29 is 9.59 Å². The Labute approximate surface area is 123 Å². The highest BCUT2D eigenvalue weighted by molar-refractivity contribution is 5.96. The lowest BCUT2D eigenvalue weighted by atomic mass is 9.96. The zero-order valence-corrected chi connectivity index (χ0v) is 13.6. The van der Waals surface area contributed by atoms with Gasteiger partial charge in [-0.05, 0) is 31.1 Å². The van der Waals surface area contributed by atoms with Crippen molar-refractivity contribution in [2.24, 2.45) is 11.8 Å². The number of carbonyl (C=O) groups is 2. The van der Waals surface area contributed by atoms with Crippen LogP contribution in [0.4, 0.5) is 0 Å². The van der Waals surface area contributed by atoms with E-state index in [0.717, 1.165) is 25.7 Å². The molecule has 2 amide bonds. The minimum atomic E-state index is -0.331. The fraction of sp³-hybridized carbons (Fsp3) is 0.875. The molecule has 116 valence electrons. The van der Waals surface area contributed by atoms with Crippen molar-refractivity contribution in [2.45, 2.75) is 72.4 Å². The molecular formula is C16H30N2O2. The molecule has 1 aliphatic heterocycles. The number of nitrogens with zero attached hydrogens (tertiary/aromatic N) is 1. The number of amides is 2. The Hall–Kier alpha value is -1.06. The summed E-state index contributed by atoms with van der Waals surface area (Å²) in [4.78, 5) is 26.7. The fourth-order valence-electron chi connectivity index (χ4n) is 2.68. The van der Waals surface area contributed by atoms with Crippen LogP contribution >= 0.6 is 0 Å². The van der Waals surface area contributed by atoms with Gasteiger partial charge in [-0.2, -0.15) is 0 Å². The second-order valence-electron chi connectivity index (χ2n) is 6.71. The van der Waals surface area contributed by atoms with Crippen LogP contribution in [0.3, 0.4) is 0 Å². The summed E-state index contributed by atoms with van der Waals surface area (Å²) in [6, 6.07) is -0.600. The maximum atomic E-state index is 12.6. The van der Waals surface area contributed by atoms with Crippen LogP contribution in [0.5, 0.6) is 0 Å². The van der Waals surface area contributed by atoms with Crippen LogP contribution < -0.4 is 5.32 Å². The average molecular weight is 282 g/mol. The molecule has 1 aliphatic rings. The SMILES string of the molecule is CCCC1C(=O)NC(CC(C)C)C(=O)N1CCC(C)C. The molecular weight excluding hydrogens is 252 g/mol. The van der Waals surface area contributed by atoms with Crippen molar-refractivity contribution in [2.75, 3.05) is 6.54 Å². The Balaban J connectivity index is 2.83. The van der Waals surface area contributed by atoms with E-state index in [-0.39, 0.29) is 23.9 Å². The van der Waals surface area contributed by atoms with Crippen molar-refractivity contribution in [3.8, 4) is 0 Å². The molecule has 1 heterocycles. The molecule has 0 aromatic rings. The molecule has 0 aromatic carbocycles. The smallest absolute Gasteiger partial charge is 0.245 e. The standard InChI is InChI=1S/C16H30N2O2/c1-6-7-14-15(19)17-13(10-12(4)5)16(20)18(14)9-8-11(2)3/h11-14H,6-10H2,1-5H3,(H,17,19). The van der Waals surface area contributed by atoms with Gasteiger partial charge < -0.3 is 10.2 Å². The number of nitrogens with one attached hydrogen (secondary N) is 1. The second-order valence-corrected chi connectivity index (χ2v) is 6.71. The maximum Gasteiger partial charge on any atom is 0.245 e. The highest BCUT2D eigenvalue weighted by Crippen LogP contribution is 2.20. The molecule has 0 saturated carbocycles. The van der Waals surface area contributed by atoms with Gasteiger partial charge in [-0.1, -0.05) is 41.0 Å². The van der Waals surface area contributed by atoms with Crippen molar-refractivity contribution in [3.63, 3.8) is 0 Å². The molecule has 2 atom stereocenters. The summed E-state index contributed by atoms with van der Waals surface area (Å²) in [7, 11) is 0. The van der Waals surface area contributed by atoms with E-state index < -0.39 is 0 Å². The van der Waals surface area contributed by atoms with Gasteiger partial charge in [0, 0.05) is 6.54 Å². The van der Waals surface area contributed by atoms with Crippen LogP contribution in [0.25, 0.3) is 0 Å². The van der Waals surface area contributed by atoms with Crippen molar-refractivity contribution in [1.29, 1.82) is 0 Å². The molecule has 20 heavy (non-hydrogen) atoms. The summed E-state index contributed by atoms with van der Waals surface area (Å²) in [6.45, 7) is 11.2. The molecule has 1 fully saturated rings. The maximum absolute atomic E-state index is 12.6. The lowest BCUT2D eigenvalue weighted by Crippen LogP contribution is -2.63. The van der Waals surface area contributed by atoms with Crippen molar-refractivity contribution >= 4 is 11.8 Å². The highest BCUT2D eigenvalue weighted by atomic mass is 16.2. The molecule has 0 aliphatic carbocycles. The first-order chi connectivity index (χ1) is 9.36. The lowest BCUT2D eigenvalue weighted by molar-refractivity contribution is -0.150. The number of hydrogen-bond donors (Lipinski definition) is 1. The third kappa shape index (κ3) is 4.50. The molecule has 4 heteroatoms. The van der Waals surface area contributed by atoms with Gasteiger partial charge in [0.05, 0.1) is 0 Å². The van der Waals surface area contributed by atoms with Crippen LogP contribution in [-0.2, 0) is 9.59 Å². The Bertz CT molecular complexity index is 339. The molecule has 0 aromatic heterocycles. The monoisotopic (exact) mass is 282 g/mol. The normalized spacial score (nSPS) is 23.6. The van der Waals surface area contributed by atoms with Crippen LogP contribution in [0, 0.1) is 11.8 Å². The summed E-state index contributed by atoms with van der Waals surface area (Å²) in [5.41, 5.74) is 0. The number of piperazine rings is 1. The minimum Gasteiger partial charge on any atom is -0.342 e. The summed E-state index contributed by atoms with van der Waals surface area (Å²) in [6.07, 6.45) is 3.34. The summed E-state index contributed by atoms with van der Waals surface area (Å²) in [5.74, 6) is 1.08. The van der Waals surface area contributed by atoms with E-state index >= 15 is 0 Å². The molecule has 0 spiro atoms. The number of hydrogen-bond acceptors (Lipinski definition) is 2. The van der Waals surface area contributed by atoms with E-state index in [2.05, 4.69) is 39.9 Å². The predicted octanol–water partition coefficient (Wildman–Crippen LogP) is 2.57. The highest BCUT2D eigenvalue weighted by Gasteiger charge is 2.39. The molecule has 1 saturated heterocycles. The zero-order valence-electron chi connectivity index (χ0n) is 13.6. The largest absolute Gasteiger partial charge is 0.342 e. The minimum absolute atomic E-state index is 0.0286. The molecule has 0 radical (unpaired) electrons. The molecule has 1 rings (SSSR count). The Morgan fingerprint density at radius 2 is 1.80 bits per heavy atom. The Kier molecular flexibility index (Phi) is 6.50. The van der Waals surface area contributed by atoms with Gasteiger partial charge in [0.25, 0.3) is 0 Å². The summed E-state index contributed by atoms with van der Waals surface area (Å²) >= 11 is 0. The third-order valence-corrected chi connectivity index (χ3v) is 3.79. The zero-order chi connectivity index (χ0) is 15.3. The molecule has 4 nitrogen and oxygen atoms in total. The van der Waals surface area contributed by atoms with Crippen LogP contribution in [0.2, 0.25) is 0 Å². The van der Waals surface area contributed by atoms with E-state index in [1.165, 1.54) is 0 Å². The van der Waals surface area contributed by atoms with Crippen molar-refractivity contribution in [1.82, 2.24) is 10.2 Å². The van der Waals surface area contributed by atoms with Gasteiger partial charge in [-0.15, -0.1) is 0 Å². The second kappa shape index (κ2) is 7.65. The van der Waals surface area contributed by atoms with Gasteiger partial charge in [-0.3, -0.25) is 9.59 Å². The predicted molar refractivity (Wildman–Crippen MR) is 81.2 cm³/mol. The molecule has 0 bridgehead atoms. The van der Waals surface area contributed by atoms with Gasteiger partial charge >= 0.3 is 0 Å². The third-order valence-electron chi connectivity index (χ3n) is 3.79. The van der Waals surface area contributed by atoms with E-state index in [9.17, 15) is 9.59 Å². The summed E-state index contributed by atoms with van der Waals surface area (Å²) < 4.78 is 0. The van der Waals surface area contributed by atoms with E-state index in [1.807, 2.05) is 4.90 Å². The summed E-state index contributed by atoms with van der Waals surface area (Å²) in [5, 5.41) is 2.92. The quantitative estimate of drug-likeness (QED) is 0.780.